The number of benzene rings is 2. The largest absolute Gasteiger partial charge is 0.493 e. The van der Waals surface area contributed by atoms with Crippen molar-refractivity contribution in [3.8, 4) is 34.7 Å². The first kappa shape index (κ1) is 23.0. The number of ether oxygens (including phenoxy) is 3. The smallest absolute Gasteiger partial charge is 0.227 e. The number of anilines is 1. The van der Waals surface area contributed by atoms with Crippen LogP contribution in [0.2, 0.25) is 0 Å². The van der Waals surface area contributed by atoms with E-state index in [1.807, 2.05) is 61.5 Å². The second-order valence-electron chi connectivity index (χ2n) is 7.64. The number of aromatic nitrogens is 4. The normalized spacial score (nSPS) is 11.0. The van der Waals surface area contributed by atoms with Crippen molar-refractivity contribution in [2.75, 3.05) is 19.5 Å². The lowest BCUT2D eigenvalue weighted by atomic mass is 10.2. The Morgan fingerprint density at radius 1 is 1.00 bits per heavy atom. The number of furan rings is 1. The van der Waals surface area contributed by atoms with E-state index in [-0.39, 0.29) is 0 Å². The summed E-state index contributed by atoms with van der Waals surface area (Å²) in [6.07, 6.45) is 1.58. The molecule has 178 valence electrons. The molecule has 9 nitrogen and oxygen atoms in total. The minimum atomic E-state index is 0.459. The van der Waals surface area contributed by atoms with E-state index in [1.54, 1.807) is 25.1 Å². The Hall–Kier alpha value is -3.80. The average Bonchev–Trinajstić information content (AvgIpc) is 3.53. The van der Waals surface area contributed by atoms with Crippen molar-refractivity contribution in [1.29, 1.82) is 0 Å². The summed E-state index contributed by atoms with van der Waals surface area (Å²) in [6.45, 7) is 2.45. The Balaban J connectivity index is 1.32. The molecule has 5 aromatic rings. The molecule has 0 radical (unpaired) electrons. The van der Waals surface area contributed by atoms with Crippen molar-refractivity contribution in [3.63, 3.8) is 0 Å². The predicted octanol–water partition coefficient (Wildman–Crippen LogP) is 5.72. The highest BCUT2D eigenvalue weighted by Crippen LogP contribution is 2.30. The number of rotatable bonds is 8. The molecule has 0 aliphatic carbocycles. The fraction of sp³-hybridized carbons (Fsp3) is 0.160. The highest BCUT2D eigenvalue weighted by atomic mass is 127. The van der Waals surface area contributed by atoms with Gasteiger partial charge in [0.25, 0.3) is 0 Å². The van der Waals surface area contributed by atoms with Crippen LogP contribution in [0.25, 0.3) is 17.2 Å². The molecule has 0 fully saturated rings. The quantitative estimate of drug-likeness (QED) is 0.232. The fourth-order valence-corrected chi connectivity index (χ4v) is 3.87. The summed E-state index contributed by atoms with van der Waals surface area (Å²) in [5.41, 5.74) is 2.45. The zero-order chi connectivity index (χ0) is 24.4. The Morgan fingerprint density at radius 3 is 2.57 bits per heavy atom. The van der Waals surface area contributed by atoms with E-state index in [1.165, 1.54) is 0 Å². The molecule has 3 aromatic heterocycles. The standard InChI is InChI=1S/C25H22IN5O4/c1-15-24-29-23(30-31(24)14-28-25(15)34-18-7-5-17(26)6-8-18)20-10-11-22(35-20)27-13-16-4-9-19(32-2)21(12-16)33-3/h4-12,14,27H,13H2,1-3H3. The number of halogens is 1. The van der Waals surface area contributed by atoms with Crippen LogP contribution < -0.4 is 19.5 Å². The molecule has 0 aliphatic rings. The van der Waals surface area contributed by atoms with Crippen LogP contribution in [0.15, 0.2) is 65.3 Å². The van der Waals surface area contributed by atoms with Crippen molar-refractivity contribution < 1.29 is 18.6 Å². The molecule has 10 heteroatoms. The van der Waals surface area contributed by atoms with Gasteiger partial charge in [0.2, 0.25) is 11.7 Å². The van der Waals surface area contributed by atoms with Gasteiger partial charge in [-0.1, -0.05) is 6.07 Å². The van der Waals surface area contributed by atoms with Gasteiger partial charge in [0.1, 0.15) is 12.1 Å². The first-order valence-electron chi connectivity index (χ1n) is 10.7. The molecular formula is C25H22IN5O4. The van der Waals surface area contributed by atoms with Crippen LogP contribution in [-0.2, 0) is 6.54 Å². The minimum Gasteiger partial charge on any atom is -0.493 e. The lowest BCUT2D eigenvalue weighted by Crippen LogP contribution is -1.99. The first-order chi connectivity index (χ1) is 17.0. The Kier molecular flexibility index (Phi) is 6.45. The van der Waals surface area contributed by atoms with Gasteiger partial charge in [-0.2, -0.15) is 0 Å². The van der Waals surface area contributed by atoms with Gasteiger partial charge in [-0.3, -0.25) is 0 Å². The van der Waals surface area contributed by atoms with E-state index in [0.717, 1.165) is 14.7 Å². The van der Waals surface area contributed by atoms with Crippen LogP contribution in [-0.4, -0.2) is 33.8 Å². The van der Waals surface area contributed by atoms with Crippen LogP contribution in [0.4, 0.5) is 5.88 Å². The van der Waals surface area contributed by atoms with Crippen molar-refractivity contribution in [2.45, 2.75) is 13.5 Å². The number of methoxy groups -OCH3 is 2. The van der Waals surface area contributed by atoms with E-state index in [2.05, 4.69) is 43.0 Å². The molecule has 0 saturated carbocycles. The second-order valence-corrected chi connectivity index (χ2v) is 8.89. The van der Waals surface area contributed by atoms with Crippen LogP contribution in [0.3, 0.4) is 0 Å². The molecule has 0 atom stereocenters. The van der Waals surface area contributed by atoms with Gasteiger partial charge in [0, 0.05) is 16.2 Å². The summed E-state index contributed by atoms with van der Waals surface area (Å²) in [4.78, 5) is 9.05. The number of hydrogen-bond donors (Lipinski definition) is 1. The number of fused-ring (bicyclic) bond motifs is 1. The van der Waals surface area contributed by atoms with Crippen molar-refractivity contribution in [2.24, 2.45) is 0 Å². The van der Waals surface area contributed by atoms with E-state index >= 15 is 0 Å². The number of nitrogens with one attached hydrogen (secondary N) is 1. The van der Waals surface area contributed by atoms with Crippen LogP contribution >= 0.6 is 22.6 Å². The molecule has 0 saturated heterocycles. The summed E-state index contributed by atoms with van der Waals surface area (Å²) >= 11 is 2.25. The maximum atomic E-state index is 5.95. The third-order valence-corrected chi connectivity index (χ3v) is 6.06. The van der Waals surface area contributed by atoms with E-state index in [4.69, 9.17) is 18.6 Å². The van der Waals surface area contributed by atoms with Gasteiger partial charge < -0.3 is 23.9 Å². The van der Waals surface area contributed by atoms with Crippen LogP contribution in [0.5, 0.6) is 23.1 Å². The highest BCUT2D eigenvalue weighted by Gasteiger charge is 2.16. The van der Waals surface area contributed by atoms with Crippen molar-refractivity contribution in [1.82, 2.24) is 19.6 Å². The molecule has 1 N–H and O–H groups in total. The molecule has 0 spiro atoms. The molecule has 0 unspecified atom stereocenters. The number of aryl methyl sites for hydroxylation is 1. The molecule has 35 heavy (non-hydrogen) atoms. The maximum absolute atomic E-state index is 5.95. The Morgan fingerprint density at radius 2 is 1.80 bits per heavy atom. The Bertz CT molecular complexity index is 1480. The molecule has 3 heterocycles. The molecule has 5 rings (SSSR count). The topological polar surface area (TPSA) is 95.9 Å². The summed E-state index contributed by atoms with van der Waals surface area (Å²) in [5.74, 6) is 4.16. The fourth-order valence-electron chi connectivity index (χ4n) is 3.51. The average molecular weight is 583 g/mol. The SMILES string of the molecule is COc1ccc(CNc2ccc(-c3nc4c(C)c(Oc5ccc(I)cc5)ncn4n3)o2)cc1OC. The zero-order valence-electron chi connectivity index (χ0n) is 19.3. The molecule has 0 bridgehead atoms. The first-order valence-corrected chi connectivity index (χ1v) is 11.8. The number of nitrogens with zero attached hydrogens (tertiary/aromatic N) is 4. The van der Waals surface area contributed by atoms with Crippen LogP contribution in [0.1, 0.15) is 11.1 Å². The molecule has 0 amide bonds. The minimum absolute atomic E-state index is 0.459. The summed E-state index contributed by atoms with van der Waals surface area (Å²) in [5, 5.41) is 7.78. The Labute approximate surface area is 215 Å². The molecular weight excluding hydrogens is 561 g/mol. The number of hydrogen-bond acceptors (Lipinski definition) is 8. The molecule has 0 aliphatic heterocycles. The summed E-state index contributed by atoms with van der Waals surface area (Å²) in [6, 6.07) is 17.2. The molecule has 2 aromatic carbocycles. The van der Waals surface area contributed by atoms with Gasteiger partial charge in [-0.05, 0) is 77.5 Å². The van der Waals surface area contributed by atoms with Gasteiger partial charge in [-0.25, -0.2) is 14.5 Å². The predicted molar refractivity (Wildman–Crippen MR) is 139 cm³/mol. The monoisotopic (exact) mass is 583 g/mol. The second kappa shape index (κ2) is 9.82. The van der Waals surface area contributed by atoms with E-state index < -0.39 is 0 Å². The lowest BCUT2D eigenvalue weighted by Gasteiger charge is -2.09. The van der Waals surface area contributed by atoms with Crippen LogP contribution in [0, 0.1) is 10.5 Å². The third kappa shape index (κ3) is 4.87. The van der Waals surface area contributed by atoms with E-state index in [9.17, 15) is 0 Å². The van der Waals surface area contributed by atoms with E-state index in [0.29, 0.717) is 52.8 Å². The highest BCUT2D eigenvalue weighted by molar-refractivity contribution is 14.1. The van der Waals surface area contributed by atoms with Gasteiger partial charge in [-0.15, -0.1) is 5.10 Å². The van der Waals surface area contributed by atoms with Gasteiger partial charge in [0.15, 0.2) is 28.8 Å². The zero-order valence-corrected chi connectivity index (χ0v) is 21.4. The third-order valence-electron chi connectivity index (χ3n) is 5.34. The maximum Gasteiger partial charge on any atom is 0.227 e. The van der Waals surface area contributed by atoms with Crippen molar-refractivity contribution >= 4 is 34.1 Å². The summed E-state index contributed by atoms with van der Waals surface area (Å²) in [7, 11) is 3.23. The van der Waals surface area contributed by atoms with Crippen molar-refractivity contribution in [3.05, 3.63) is 75.6 Å². The lowest BCUT2D eigenvalue weighted by molar-refractivity contribution is 0.354. The van der Waals surface area contributed by atoms with Gasteiger partial charge in [0.05, 0.1) is 19.8 Å². The summed E-state index contributed by atoms with van der Waals surface area (Å²) < 4.78 is 25.3. The van der Waals surface area contributed by atoms with Gasteiger partial charge >= 0.3 is 0 Å².